The van der Waals surface area contributed by atoms with Crippen molar-refractivity contribution < 1.29 is 23.9 Å². The highest BCUT2D eigenvalue weighted by atomic mass is 16.5. The molecule has 0 aliphatic rings. The van der Waals surface area contributed by atoms with Gasteiger partial charge < -0.3 is 14.8 Å². The topological polar surface area (TPSA) is 81.7 Å². The van der Waals surface area contributed by atoms with E-state index in [4.69, 9.17) is 4.74 Å². The molecular formula is C17H23NO5. The SMILES string of the molecule is COC(=O)CC(=O)[C@H](CC(C)C)NC(=O)OCc1ccccc1. The van der Waals surface area contributed by atoms with Gasteiger partial charge in [0.15, 0.2) is 5.78 Å². The summed E-state index contributed by atoms with van der Waals surface area (Å²) in [6, 6.07) is 8.46. The van der Waals surface area contributed by atoms with Gasteiger partial charge in [-0.05, 0) is 17.9 Å². The van der Waals surface area contributed by atoms with Crippen LogP contribution < -0.4 is 5.32 Å². The van der Waals surface area contributed by atoms with Crippen LogP contribution >= 0.6 is 0 Å². The molecule has 6 heteroatoms. The standard InChI is InChI=1S/C17H23NO5/c1-12(2)9-14(15(19)10-16(20)22-3)18-17(21)23-11-13-7-5-4-6-8-13/h4-8,12,14H,9-11H2,1-3H3,(H,18,21)/t14-/m0/s1. The Hall–Kier alpha value is -2.37. The van der Waals surface area contributed by atoms with Crippen LogP contribution in [0.15, 0.2) is 30.3 Å². The molecule has 1 amide bonds. The first kappa shape index (κ1) is 18.7. The summed E-state index contributed by atoms with van der Waals surface area (Å²) in [4.78, 5) is 35.2. The summed E-state index contributed by atoms with van der Waals surface area (Å²) in [5.41, 5.74) is 0.851. The van der Waals surface area contributed by atoms with Crippen molar-refractivity contribution in [2.45, 2.75) is 39.3 Å². The van der Waals surface area contributed by atoms with Gasteiger partial charge in [0.25, 0.3) is 0 Å². The van der Waals surface area contributed by atoms with Crippen LogP contribution in [0.5, 0.6) is 0 Å². The van der Waals surface area contributed by atoms with Crippen LogP contribution in [0.25, 0.3) is 0 Å². The van der Waals surface area contributed by atoms with Gasteiger partial charge in [-0.25, -0.2) is 4.79 Å². The van der Waals surface area contributed by atoms with Crippen LogP contribution in [0.4, 0.5) is 4.79 Å². The molecule has 0 fully saturated rings. The highest BCUT2D eigenvalue weighted by Crippen LogP contribution is 2.09. The Morgan fingerprint density at radius 3 is 2.35 bits per heavy atom. The van der Waals surface area contributed by atoms with E-state index in [-0.39, 0.29) is 24.7 Å². The number of ether oxygens (including phenoxy) is 2. The molecule has 1 atom stereocenters. The van der Waals surface area contributed by atoms with Crippen molar-refractivity contribution >= 4 is 17.8 Å². The van der Waals surface area contributed by atoms with Gasteiger partial charge in [-0.1, -0.05) is 44.2 Å². The Morgan fingerprint density at radius 2 is 1.78 bits per heavy atom. The number of benzene rings is 1. The summed E-state index contributed by atoms with van der Waals surface area (Å²) in [6.07, 6.45) is -0.624. The third-order valence-electron chi connectivity index (χ3n) is 3.15. The van der Waals surface area contributed by atoms with Crippen molar-refractivity contribution in [3.8, 4) is 0 Å². The maximum Gasteiger partial charge on any atom is 0.408 e. The van der Waals surface area contributed by atoms with E-state index >= 15 is 0 Å². The predicted molar refractivity (Wildman–Crippen MR) is 84.6 cm³/mol. The van der Waals surface area contributed by atoms with Crippen LogP contribution in [0.2, 0.25) is 0 Å². The number of ketones is 1. The molecule has 126 valence electrons. The van der Waals surface area contributed by atoms with Gasteiger partial charge in [-0.2, -0.15) is 0 Å². The minimum absolute atomic E-state index is 0.117. The predicted octanol–water partition coefficient (Wildman–Crippen LogP) is 2.46. The number of rotatable bonds is 8. The largest absolute Gasteiger partial charge is 0.469 e. The van der Waals surface area contributed by atoms with Crippen molar-refractivity contribution in [2.24, 2.45) is 5.92 Å². The van der Waals surface area contributed by atoms with Gasteiger partial charge in [0.05, 0.1) is 13.2 Å². The summed E-state index contributed by atoms with van der Waals surface area (Å²) in [5, 5.41) is 2.53. The smallest absolute Gasteiger partial charge is 0.408 e. The lowest BCUT2D eigenvalue weighted by Gasteiger charge is -2.19. The van der Waals surface area contributed by atoms with E-state index in [9.17, 15) is 14.4 Å². The molecule has 0 aromatic heterocycles. The minimum Gasteiger partial charge on any atom is -0.469 e. The molecule has 1 aromatic carbocycles. The van der Waals surface area contributed by atoms with Crippen molar-refractivity contribution in [1.82, 2.24) is 5.32 Å². The number of Topliss-reactive ketones (excluding diaryl/α,β-unsaturated/α-hetero) is 1. The second kappa shape index (κ2) is 9.61. The summed E-state index contributed by atoms with van der Waals surface area (Å²) >= 11 is 0. The number of hydrogen-bond acceptors (Lipinski definition) is 5. The fourth-order valence-electron chi connectivity index (χ4n) is 1.99. The zero-order valence-corrected chi connectivity index (χ0v) is 13.7. The molecule has 0 spiro atoms. The molecule has 1 rings (SSSR count). The molecule has 0 aliphatic carbocycles. The number of methoxy groups -OCH3 is 1. The number of esters is 1. The first-order valence-electron chi connectivity index (χ1n) is 7.49. The number of nitrogens with one attached hydrogen (secondary N) is 1. The van der Waals surface area contributed by atoms with E-state index < -0.39 is 18.1 Å². The zero-order valence-electron chi connectivity index (χ0n) is 13.7. The second-order valence-corrected chi connectivity index (χ2v) is 5.61. The van der Waals surface area contributed by atoms with E-state index in [2.05, 4.69) is 10.1 Å². The van der Waals surface area contributed by atoms with Crippen LogP contribution in [-0.2, 0) is 25.7 Å². The molecule has 23 heavy (non-hydrogen) atoms. The molecule has 0 heterocycles. The first-order chi connectivity index (χ1) is 10.9. The molecule has 0 aliphatic heterocycles. The highest BCUT2D eigenvalue weighted by molar-refractivity contribution is 5.99. The third kappa shape index (κ3) is 7.44. The average molecular weight is 321 g/mol. The molecule has 6 nitrogen and oxygen atoms in total. The van der Waals surface area contributed by atoms with E-state index in [0.717, 1.165) is 5.56 Å². The highest BCUT2D eigenvalue weighted by Gasteiger charge is 2.24. The summed E-state index contributed by atoms with van der Waals surface area (Å²) in [7, 11) is 1.22. The maximum atomic E-state index is 12.1. The Labute approximate surface area is 136 Å². The second-order valence-electron chi connectivity index (χ2n) is 5.61. The van der Waals surface area contributed by atoms with Crippen LogP contribution in [0, 0.1) is 5.92 Å². The van der Waals surface area contributed by atoms with E-state index in [1.54, 1.807) is 0 Å². The van der Waals surface area contributed by atoms with Crippen LogP contribution in [0.3, 0.4) is 0 Å². The number of hydrogen-bond donors (Lipinski definition) is 1. The van der Waals surface area contributed by atoms with E-state index in [1.165, 1.54) is 7.11 Å². The Morgan fingerprint density at radius 1 is 1.13 bits per heavy atom. The molecule has 0 bridgehead atoms. The van der Waals surface area contributed by atoms with Crippen molar-refractivity contribution in [3.63, 3.8) is 0 Å². The number of carbonyl (C=O) groups is 3. The van der Waals surface area contributed by atoms with E-state index in [1.807, 2.05) is 44.2 Å². The molecule has 0 saturated carbocycles. The summed E-state index contributed by atoms with van der Waals surface area (Å²) < 4.78 is 9.59. The minimum atomic E-state index is -0.766. The van der Waals surface area contributed by atoms with Crippen LogP contribution in [-0.4, -0.2) is 31.0 Å². The number of alkyl carbamates (subject to hydrolysis) is 1. The Kier molecular flexibility index (Phi) is 7.80. The molecule has 1 aromatic rings. The Bertz CT molecular complexity index is 527. The normalized spacial score (nSPS) is 11.7. The lowest BCUT2D eigenvalue weighted by Crippen LogP contribution is -2.42. The van der Waals surface area contributed by atoms with Gasteiger partial charge >= 0.3 is 12.1 Å². The molecular weight excluding hydrogens is 298 g/mol. The lowest BCUT2D eigenvalue weighted by molar-refractivity contribution is -0.143. The van der Waals surface area contributed by atoms with Gasteiger partial charge in [0, 0.05) is 0 Å². The maximum absolute atomic E-state index is 12.1. The molecule has 0 radical (unpaired) electrons. The fourth-order valence-corrected chi connectivity index (χ4v) is 1.99. The number of amides is 1. The van der Waals surface area contributed by atoms with Crippen molar-refractivity contribution in [3.05, 3.63) is 35.9 Å². The fraction of sp³-hybridized carbons (Fsp3) is 0.471. The number of carbonyl (C=O) groups excluding carboxylic acids is 3. The first-order valence-corrected chi connectivity index (χ1v) is 7.49. The average Bonchev–Trinajstić information content (AvgIpc) is 2.52. The lowest BCUT2D eigenvalue weighted by atomic mass is 9.99. The molecule has 0 unspecified atom stereocenters. The summed E-state index contributed by atoms with van der Waals surface area (Å²) in [5.74, 6) is -0.832. The van der Waals surface area contributed by atoms with Crippen molar-refractivity contribution in [1.29, 1.82) is 0 Å². The molecule has 1 N–H and O–H groups in total. The van der Waals surface area contributed by atoms with Gasteiger partial charge in [0.1, 0.15) is 13.0 Å². The monoisotopic (exact) mass is 321 g/mol. The van der Waals surface area contributed by atoms with Crippen LogP contribution in [0.1, 0.15) is 32.3 Å². The summed E-state index contributed by atoms with van der Waals surface area (Å²) in [6.45, 7) is 3.97. The van der Waals surface area contributed by atoms with E-state index in [0.29, 0.717) is 6.42 Å². The zero-order chi connectivity index (χ0) is 17.2. The van der Waals surface area contributed by atoms with Crippen molar-refractivity contribution in [2.75, 3.05) is 7.11 Å². The molecule has 0 saturated heterocycles. The van der Waals surface area contributed by atoms with Gasteiger partial charge in [-0.15, -0.1) is 0 Å². The third-order valence-corrected chi connectivity index (χ3v) is 3.15. The van der Waals surface area contributed by atoms with Gasteiger partial charge in [0.2, 0.25) is 0 Å². The van der Waals surface area contributed by atoms with Gasteiger partial charge in [-0.3, -0.25) is 9.59 Å². The quantitative estimate of drug-likeness (QED) is 0.587. The Balaban J connectivity index is 2.56.